The molecule has 122 valence electrons. The Kier molecular flexibility index (Phi) is 4.14. The van der Waals surface area contributed by atoms with E-state index in [0.717, 1.165) is 0 Å². The lowest BCUT2D eigenvalue weighted by Crippen LogP contribution is -2.01. The van der Waals surface area contributed by atoms with Crippen molar-refractivity contribution in [1.29, 1.82) is 5.26 Å². The first-order valence-corrected chi connectivity index (χ1v) is 7.26. The Morgan fingerprint density at radius 1 is 1.16 bits per heavy atom. The number of allylic oxidation sites excluding steroid dienone is 1. The van der Waals surface area contributed by atoms with E-state index in [9.17, 15) is 19.2 Å². The van der Waals surface area contributed by atoms with E-state index >= 15 is 0 Å². The fourth-order valence-electron chi connectivity index (χ4n) is 2.47. The summed E-state index contributed by atoms with van der Waals surface area (Å²) in [6.45, 7) is 0. The number of halogens is 1. The highest BCUT2D eigenvalue weighted by Gasteiger charge is 2.17. The molecule has 0 saturated heterocycles. The van der Waals surface area contributed by atoms with Gasteiger partial charge in [0.05, 0.1) is 5.56 Å². The van der Waals surface area contributed by atoms with Crippen LogP contribution in [0.1, 0.15) is 26.3 Å². The zero-order valence-electron chi connectivity index (χ0n) is 12.8. The number of carboxylic acid groups (broad SMARTS) is 1. The van der Waals surface area contributed by atoms with Crippen molar-refractivity contribution in [2.45, 2.75) is 0 Å². The van der Waals surface area contributed by atoms with Gasteiger partial charge in [-0.15, -0.1) is 0 Å². The molecule has 0 aliphatic rings. The highest BCUT2D eigenvalue weighted by molar-refractivity contribution is 6.19. The Bertz CT molecular complexity index is 1060. The van der Waals surface area contributed by atoms with Gasteiger partial charge in [0.15, 0.2) is 0 Å². The molecule has 0 unspecified atom stereocenters. The van der Waals surface area contributed by atoms with Crippen molar-refractivity contribution in [3.05, 3.63) is 76.7 Å². The normalized spacial score (nSPS) is 11.3. The summed E-state index contributed by atoms with van der Waals surface area (Å²) < 4.78 is 13.2. The summed E-state index contributed by atoms with van der Waals surface area (Å²) in [5, 5.41) is 18.7. The van der Waals surface area contributed by atoms with Gasteiger partial charge in [-0.3, -0.25) is 4.79 Å². The van der Waals surface area contributed by atoms with Gasteiger partial charge in [0, 0.05) is 22.7 Å². The molecule has 0 amide bonds. The molecule has 2 N–H and O–H groups in total. The maximum Gasteiger partial charge on any atom is 0.335 e. The summed E-state index contributed by atoms with van der Waals surface area (Å²) in [5.41, 5.74) is 1.27. The Morgan fingerprint density at radius 2 is 1.88 bits per heavy atom. The Morgan fingerprint density at radius 3 is 2.52 bits per heavy atom. The van der Waals surface area contributed by atoms with E-state index in [4.69, 9.17) is 5.11 Å². The summed E-state index contributed by atoms with van der Waals surface area (Å²) >= 11 is 0. The van der Waals surface area contributed by atoms with Crippen LogP contribution < -0.4 is 0 Å². The van der Waals surface area contributed by atoms with Gasteiger partial charge in [0.25, 0.3) is 0 Å². The van der Waals surface area contributed by atoms with Gasteiger partial charge < -0.3 is 10.1 Å². The predicted octanol–water partition coefficient (Wildman–Crippen LogP) is 3.80. The number of nitriles is 1. The summed E-state index contributed by atoms with van der Waals surface area (Å²) in [4.78, 5) is 26.3. The number of carbonyl (C=O) groups is 2. The molecule has 0 bridgehead atoms. The van der Waals surface area contributed by atoms with E-state index in [-0.39, 0.29) is 16.7 Å². The van der Waals surface area contributed by atoms with Gasteiger partial charge in [-0.1, -0.05) is 12.1 Å². The Balaban J connectivity index is 1.98. The van der Waals surface area contributed by atoms with Crippen molar-refractivity contribution in [2.24, 2.45) is 0 Å². The van der Waals surface area contributed by atoms with Crippen LogP contribution in [0, 0.1) is 17.1 Å². The molecular formula is C19H11FN2O3. The van der Waals surface area contributed by atoms with E-state index in [2.05, 4.69) is 4.98 Å². The molecule has 25 heavy (non-hydrogen) atoms. The second-order valence-corrected chi connectivity index (χ2v) is 5.32. The lowest BCUT2D eigenvalue weighted by atomic mass is 10.0. The smallest absolute Gasteiger partial charge is 0.335 e. The average Bonchev–Trinajstić information content (AvgIpc) is 3.02. The molecule has 1 heterocycles. The molecule has 0 radical (unpaired) electrons. The largest absolute Gasteiger partial charge is 0.478 e. The number of ketones is 1. The summed E-state index contributed by atoms with van der Waals surface area (Å²) in [6.07, 6.45) is 2.82. The minimum Gasteiger partial charge on any atom is -0.478 e. The fraction of sp³-hybridized carbons (Fsp3) is 0. The standard InChI is InChI=1S/C19H11FN2O3/c20-14-5-6-15-16(10-22-17(15)8-14)18(23)13(9-21)7-11-1-3-12(4-2-11)19(24)25/h1-8,10,22H,(H,24,25)/b13-7-. The first-order valence-electron chi connectivity index (χ1n) is 7.26. The number of aromatic carboxylic acids is 1. The Labute approximate surface area is 141 Å². The molecule has 1 aromatic heterocycles. The van der Waals surface area contributed by atoms with Crippen LogP contribution in [-0.2, 0) is 0 Å². The van der Waals surface area contributed by atoms with Crippen LogP contribution in [0.3, 0.4) is 0 Å². The number of hydrogen-bond donors (Lipinski definition) is 2. The van der Waals surface area contributed by atoms with Gasteiger partial charge in [0.2, 0.25) is 5.78 Å². The van der Waals surface area contributed by atoms with E-state index in [1.54, 1.807) is 0 Å². The van der Waals surface area contributed by atoms with Crippen LogP contribution in [0.5, 0.6) is 0 Å². The minimum atomic E-state index is -1.06. The van der Waals surface area contributed by atoms with Crippen LogP contribution in [0.25, 0.3) is 17.0 Å². The number of nitrogens with zero attached hydrogens (tertiary/aromatic N) is 1. The van der Waals surface area contributed by atoms with Crippen molar-refractivity contribution in [3.8, 4) is 6.07 Å². The van der Waals surface area contributed by atoms with E-state index in [1.807, 2.05) is 6.07 Å². The first-order chi connectivity index (χ1) is 12.0. The number of carbonyl (C=O) groups excluding carboxylic acids is 1. The van der Waals surface area contributed by atoms with Crippen molar-refractivity contribution < 1.29 is 19.1 Å². The third-order valence-electron chi connectivity index (χ3n) is 3.72. The van der Waals surface area contributed by atoms with Crippen LogP contribution in [0.15, 0.2) is 54.2 Å². The highest BCUT2D eigenvalue weighted by Crippen LogP contribution is 2.22. The van der Waals surface area contributed by atoms with Crippen molar-refractivity contribution in [2.75, 3.05) is 0 Å². The second-order valence-electron chi connectivity index (χ2n) is 5.32. The van der Waals surface area contributed by atoms with Crippen LogP contribution >= 0.6 is 0 Å². The number of H-pyrrole nitrogens is 1. The lowest BCUT2D eigenvalue weighted by molar-refractivity contribution is 0.0696. The van der Waals surface area contributed by atoms with Gasteiger partial charge in [-0.05, 0) is 42.0 Å². The van der Waals surface area contributed by atoms with Crippen LogP contribution in [0.4, 0.5) is 4.39 Å². The molecule has 2 aromatic carbocycles. The molecule has 3 rings (SSSR count). The molecule has 0 aliphatic heterocycles. The molecule has 6 heteroatoms. The minimum absolute atomic E-state index is 0.103. The van der Waals surface area contributed by atoms with Crippen molar-refractivity contribution >= 4 is 28.7 Å². The highest BCUT2D eigenvalue weighted by atomic mass is 19.1. The third-order valence-corrected chi connectivity index (χ3v) is 3.72. The topological polar surface area (TPSA) is 93.9 Å². The second kappa shape index (κ2) is 6.42. The summed E-state index contributed by atoms with van der Waals surface area (Å²) in [7, 11) is 0. The number of hydrogen-bond acceptors (Lipinski definition) is 3. The molecule has 0 aliphatic carbocycles. The van der Waals surface area contributed by atoms with Gasteiger partial charge in [0.1, 0.15) is 17.5 Å². The molecule has 0 spiro atoms. The molecular weight excluding hydrogens is 323 g/mol. The zero-order valence-corrected chi connectivity index (χ0v) is 12.8. The number of benzene rings is 2. The van der Waals surface area contributed by atoms with Gasteiger partial charge in [-0.25, -0.2) is 9.18 Å². The van der Waals surface area contributed by atoms with E-state index < -0.39 is 17.6 Å². The maximum atomic E-state index is 13.2. The first kappa shape index (κ1) is 16.1. The number of Topliss-reactive ketones (excluding diaryl/α,β-unsaturated/α-hetero) is 1. The Hall–Kier alpha value is -3.72. The number of carboxylic acids is 1. The van der Waals surface area contributed by atoms with Crippen LogP contribution in [-0.4, -0.2) is 21.8 Å². The third kappa shape index (κ3) is 3.16. The molecule has 0 fully saturated rings. The number of aromatic nitrogens is 1. The van der Waals surface area contributed by atoms with Crippen molar-refractivity contribution in [1.82, 2.24) is 4.98 Å². The molecule has 0 atom stereocenters. The van der Waals surface area contributed by atoms with Crippen molar-refractivity contribution in [3.63, 3.8) is 0 Å². The summed E-state index contributed by atoms with van der Waals surface area (Å²) in [5.74, 6) is -1.98. The number of rotatable bonds is 4. The van der Waals surface area contributed by atoms with Gasteiger partial charge >= 0.3 is 5.97 Å². The number of fused-ring (bicyclic) bond motifs is 1. The molecule has 0 saturated carbocycles. The molecule has 3 aromatic rings. The number of nitrogens with one attached hydrogen (secondary N) is 1. The van der Waals surface area contributed by atoms with Crippen LogP contribution in [0.2, 0.25) is 0 Å². The zero-order chi connectivity index (χ0) is 18.0. The maximum absolute atomic E-state index is 13.2. The number of aromatic amines is 1. The fourth-order valence-corrected chi connectivity index (χ4v) is 2.47. The average molecular weight is 334 g/mol. The predicted molar refractivity (Wildman–Crippen MR) is 89.6 cm³/mol. The van der Waals surface area contributed by atoms with E-state index in [0.29, 0.717) is 16.5 Å². The van der Waals surface area contributed by atoms with Gasteiger partial charge in [-0.2, -0.15) is 5.26 Å². The molecule has 5 nitrogen and oxygen atoms in total. The SMILES string of the molecule is N#C/C(=C/c1ccc(C(=O)O)cc1)C(=O)c1c[nH]c2cc(F)ccc12. The quantitative estimate of drug-likeness (QED) is 0.431. The van der Waals surface area contributed by atoms with E-state index in [1.165, 1.54) is 54.7 Å². The lowest BCUT2D eigenvalue weighted by Gasteiger charge is -2.00. The monoisotopic (exact) mass is 334 g/mol. The summed E-state index contributed by atoms with van der Waals surface area (Å²) in [6, 6.07) is 11.7.